The van der Waals surface area contributed by atoms with Gasteiger partial charge in [-0.1, -0.05) is 12.1 Å². The van der Waals surface area contributed by atoms with E-state index in [0.717, 1.165) is 56.6 Å². The van der Waals surface area contributed by atoms with Crippen molar-refractivity contribution in [3.05, 3.63) is 76.8 Å². The second-order valence-corrected chi connectivity index (χ2v) is 8.73. The molecule has 1 fully saturated rings. The summed E-state index contributed by atoms with van der Waals surface area (Å²) >= 11 is 0. The average molecular weight is 427 g/mol. The lowest BCUT2D eigenvalue weighted by Gasteiger charge is -2.16. The zero-order valence-electron chi connectivity index (χ0n) is 18.8. The van der Waals surface area contributed by atoms with Crippen LogP contribution in [0, 0.1) is 27.7 Å². The predicted molar refractivity (Wildman–Crippen MR) is 124 cm³/mol. The lowest BCUT2D eigenvalue weighted by Crippen LogP contribution is -2.28. The number of rotatable bonds is 3. The summed E-state index contributed by atoms with van der Waals surface area (Å²) in [7, 11) is 0. The maximum atomic E-state index is 13.4. The summed E-state index contributed by atoms with van der Waals surface area (Å²) in [4.78, 5) is 28.3. The Balaban J connectivity index is 1.41. The number of aromatic nitrogens is 3. The molecule has 1 amide bonds. The lowest BCUT2D eigenvalue weighted by molar-refractivity contribution is 0.0760. The zero-order chi connectivity index (χ0) is 22.4. The molecular weight excluding hydrogens is 400 g/mol. The van der Waals surface area contributed by atoms with Crippen LogP contribution in [0.2, 0.25) is 0 Å². The van der Waals surface area contributed by atoms with Crippen molar-refractivity contribution in [2.45, 2.75) is 40.0 Å². The van der Waals surface area contributed by atoms with E-state index in [1.54, 1.807) is 0 Å². The van der Waals surface area contributed by atoms with Crippen LogP contribution in [0.15, 0.2) is 47.4 Å². The van der Waals surface area contributed by atoms with Crippen LogP contribution in [0.5, 0.6) is 0 Å². The number of aryl methyl sites for hydroxylation is 4. The van der Waals surface area contributed by atoms with Crippen molar-refractivity contribution in [2.24, 2.45) is 0 Å². The first-order chi connectivity index (χ1) is 15.4. The molecule has 1 atom stereocenters. The van der Waals surface area contributed by atoms with E-state index >= 15 is 0 Å². The smallest absolute Gasteiger partial charge is 0.289 e. The summed E-state index contributed by atoms with van der Waals surface area (Å²) < 4.78 is 6.10. The lowest BCUT2D eigenvalue weighted by atomic mass is 10.00. The van der Waals surface area contributed by atoms with Crippen LogP contribution >= 0.6 is 0 Å². The Morgan fingerprint density at radius 3 is 2.59 bits per heavy atom. The van der Waals surface area contributed by atoms with Crippen LogP contribution in [-0.4, -0.2) is 38.8 Å². The number of pyridine rings is 1. The Bertz CT molecular complexity index is 1330. The Hall–Kier alpha value is -3.54. The van der Waals surface area contributed by atoms with E-state index in [1.165, 1.54) is 6.33 Å². The van der Waals surface area contributed by atoms with Gasteiger partial charge in [0.2, 0.25) is 0 Å². The predicted octanol–water partition coefficient (Wildman–Crippen LogP) is 5.15. The number of hydrogen-bond donors (Lipinski definition) is 0. The van der Waals surface area contributed by atoms with E-state index in [-0.39, 0.29) is 11.8 Å². The van der Waals surface area contributed by atoms with Crippen LogP contribution in [0.1, 0.15) is 51.0 Å². The van der Waals surface area contributed by atoms with Gasteiger partial charge < -0.3 is 9.32 Å². The van der Waals surface area contributed by atoms with Crippen molar-refractivity contribution in [1.29, 1.82) is 0 Å². The quantitative estimate of drug-likeness (QED) is 0.453. The monoisotopic (exact) mass is 426 g/mol. The van der Waals surface area contributed by atoms with Gasteiger partial charge in [0.25, 0.3) is 5.91 Å². The number of benzene rings is 1. The summed E-state index contributed by atoms with van der Waals surface area (Å²) in [5, 5.41) is 1.02. The minimum atomic E-state index is -0.0393. The number of likely N-dealkylation sites (tertiary alicyclic amines) is 1. The average Bonchev–Trinajstić information content (AvgIpc) is 3.42. The van der Waals surface area contributed by atoms with Gasteiger partial charge in [-0.05, 0) is 62.9 Å². The first-order valence-electron chi connectivity index (χ1n) is 10.9. The van der Waals surface area contributed by atoms with Crippen molar-refractivity contribution in [3.63, 3.8) is 0 Å². The summed E-state index contributed by atoms with van der Waals surface area (Å²) in [5.41, 5.74) is 7.96. The fourth-order valence-corrected chi connectivity index (χ4v) is 4.57. The van der Waals surface area contributed by atoms with Crippen molar-refractivity contribution in [2.75, 3.05) is 13.1 Å². The van der Waals surface area contributed by atoms with Gasteiger partial charge in [-0.2, -0.15) is 0 Å². The Labute approximate surface area is 187 Å². The van der Waals surface area contributed by atoms with Gasteiger partial charge in [0.15, 0.2) is 5.76 Å². The van der Waals surface area contributed by atoms with Gasteiger partial charge in [0, 0.05) is 59.3 Å². The van der Waals surface area contributed by atoms with Gasteiger partial charge in [-0.25, -0.2) is 9.97 Å². The van der Waals surface area contributed by atoms with E-state index in [0.29, 0.717) is 18.8 Å². The second-order valence-electron chi connectivity index (χ2n) is 8.73. The molecule has 1 saturated heterocycles. The molecule has 5 rings (SSSR count). The topological polar surface area (TPSA) is 72.1 Å². The zero-order valence-corrected chi connectivity index (χ0v) is 18.8. The van der Waals surface area contributed by atoms with E-state index in [2.05, 4.69) is 29.0 Å². The fourth-order valence-electron chi connectivity index (χ4n) is 4.57. The van der Waals surface area contributed by atoms with Crippen LogP contribution in [0.4, 0.5) is 0 Å². The third kappa shape index (κ3) is 3.45. The molecule has 0 radical (unpaired) electrons. The molecule has 0 bridgehead atoms. The Morgan fingerprint density at radius 1 is 1.03 bits per heavy atom. The molecule has 4 heterocycles. The minimum absolute atomic E-state index is 0.0393. The molecule has 32 heavy (non-hydrogen) atoms. The molecular formula is C26H26N4O2. The number of fused-ring (bicyclic) bond motifs is 1. The van der Waals surface area contributed by atoms with Crippen LogP contribution < -0.4 is 0 Å². The molecule has 0 aliphatic carbocycles. The molecule has 0 saturated carbocycles. The van der Waals surface area contributed by atoms with Gasteiger partial charge in [0.05, 0.1) is 0 Å². The number of nitrogens with zero attached hydrogens (tertiary/aromatic N) is 4. The Kier molecular flexibility index (Phi) is 5.00. The highest BCUT2D eigenvalue weighted by molar-refractivity contribution is 5.99. The Morgan fingerprint density at radius 2 is 1.81 bits per heavy atom. The number of carbonyl (C=O) groups excluding carboxylic acids is 1. The van der Waals surface area contributed by atoms with E-state index < -0.39 is 0 Å². The highest BCUT2D eigenvalue weighted by atomic mass is 16.3. The second kappa shape index (κ2) is 7.86. The standard InChI is InChI=1S/C26H26N4O2/c1-15-5-6-22-18(4)25(32-24(22)17(15)3)26(31)30-8-7-19(13-30)23-10-20(9-16(2)29-23)21-11-27-14-28-12-21/h5-6,9-12,14,19H,7-8,13H2,1-4H3. The van der Waals surface area contributed by atoms with Crippen LogP contribution in [0.25, 0.3) is 22.1 Å². The third-order valence-electron chi connectivity index (χ3n) is 6.58. The molecule has 162 valence electrons. The molecule has 3 aromatic heterocycles. The number of furan rings is 1. The van der Waals surface area contributed by atoms with Crippen molar-refractivity contribution < 1.29 is 9.21 Å². The summed E-state index contributed by atoms with van der Waals surface area (Å²) in [6.07, 6.45) is 6.03. The molecule has 6 heteroatoms. The minimum Gasteiger partial charge on any atom is -0.450 e. The molecule has 1 aromatic carbocycles. The maximum Gasteiger partial charge on any atom is 0.289 e. The first-order valence-corrected chi connectivity index (χ1v) is 10.9. The SMILES string of the molecule is Cc1cc(-c2cncnc2)cc(C2CCN(C(=O)c3oc4c(C)c(C)ccc4c3C)C2)n1. The van der Waals surface area contributed by atoms with E-state index in [9.17, 15) is 4.79 Å². The fraction of sp³-hybridized carbons (Fsp3) is 0.308. The normalized spacial score (nSPS) is 16.1. The number of hydrogen-bond acceptors (Lipinski definition) is 5. The van der Waals surface area contributed by atoms with Gasteiger partial charge in [-0.15, -0.1) is 0 Å². The molecule has 0 N–H and O–H groups in total. The largest absolute Gasteiger partial charge is 0.450 e. The van der Waals surface area contributed by atoms with Crippen molar-refractivity contribution in [1.82, 2.24) is 19.9 Å². The highest BCUT2D eigenvalue weighted by Gasteiger charge is 2.32. The molecule has 0 spiro atoms. The summed E-state index contributed by atoms with van der Waals surface area (Å²) in [5.74, 6) is 0.604. The molecule has 1 aliphatic rings. The number of carbonyl (C=O) groups is 1. The van der Waals surface area contributed by atoms with Gasteiger partial charge >= 0.3 is 0 Å². The van der Waals surface area contributed by atoms with E-state index in [1.807, 2.05) is 50.2 Å². The molecule has 1 unspecified atom stereocenters. The first kappa shape index (κ1) is 20.4. The van der Waals surface area contributed by atoms with E-state index in [4.69, 9.17) is 9.40 Å². The molecule has 6 nitrogen and oxygen atoms in total. The van der Waals surface area contributed by atoms with Crippen LogP contribution in [0.3, 0.4) is 0 Å². The van der Waals surface area contributed by atoms with Crippen molar-refractivity contribution >= 4 is 16.9 Å². The molecule has 4 aromatic rings. The van der Waals surface area contributed by atoms with Gasteiger partial charge in [-0.3, -0.25) is 9.78 Å². The summed E-state index contributed by atoms with van der Waals surface area (Å²) in [6, 6.07) is 8.27. The summed E-state index contributed by atoms with van der Waals surface area (Å²) in [6.45, 7) is 9.39. The third-order valence-corrected chi connectivity index (χ3v) is 6.58. The maximum absolute atomic E-state index is 13.4. The number of amides is 1. The molecule has 1 aliphatic heterocycles. The van der Waals surface area contributed by atoms with Crippen LogP contribution in [-0.2, 0) is 0 Å². The van der Waals surface area contributed by atoms with Gasteiger partial charge in [0.1, 0.15) is 11.9 Å². The highest BCUT2D eigenvalue weighted by Crippen LogP contribution is 2.33. The van der Waals surface area contributed by atoms with Crippen molar-refractivity contribution in [3.8, 4) is 11.1 Å².